The molecule has 1 fully saturated rings. The third-order valence-electron chi connectivity index (χ3n) is 5.10. The smallest absolute Gasteiger partial charge is 0.350 e. The summed E-state index contributed by atoms with van der Waals surface area (Å²) in [5.74, 6) is -0.961. The molecule has 3 rings (SSSR count). The number of thiazole rings is 1. The Balaban J connectivity index is 1.65. The van der Waals surface area contributed by atoms with Gasteiger partial charge < -0.3 is 9.64 Å². The lowest BCUT2D eigenvalue weighted by atomic mass is 9.81. The Morgan fingerprint density at radius 3 is 2.71 bits per heavy atom. The number of aryl methyl sites for hydroxylation is 1. The minimum absolute atomic E-state index is 0.351. The minimum Gasteiger partial charge on any atom is -0.451 e. The van der Waals surface area contributed by atoms with Crippen molar-refractivity contribution in [3.8, 4) is 16.8 Å². The maximum absolute atomic E-state index is 12.5. The summed E-state index contributed by atoms with van der Waals surface area (Å²) in [7, 11) is 1.61. The number of nitriles is 1. The van der Waals surface area contributed by atoms with Gasteiger partial charge in [-0.15, -0.1) is 11.3 Å². The van der Waals surface area contributed by atoms with Crippen molar-refractivity contribution >= 4 is 23.2 Å². The number of carbonyl (C=O) groups excluding carboxylic acids is 2. The third kappa shape index (κ3) is 4.04. The lowest BCUT2D eigenvalue weighted by molar-refractivity contribution is -0.138. The molecule has 1 aliphatic rings. The SMILES string of the molecule is Cc1nc(-c2ccccn2)sc1C(=O)OCC(=O)N(C)C1(C#N)CCCCC1. The molecule has 8 heteroatoms. The molecule has 0 spiro atoms. The quantitative estimate of drug-likeness (QED) is 0.717. The van der Waals surface area contributed by atoms with E-state index < -0.39 is 18.1 Å². The van der Waals surface area contributed by atoms with Gasteiger partial charge in [0, 0.05) is 13.2 Å². The summed E-state index contributed by atoms with van der Waals surface area (Å²) < 4.78 is 5.23. The molecular weight excluding hydrogens is 376 g/mol. The molecule has 0 radical (unpaired) electrons. The summed E-state index contributed by atoms with van der Waals surface area (Å²) in [5.41, 5.74) is 0.421. The van der Waals surface area contributed by atoms with E-state index in [1.165, 1.54) is 16.2 Å². The van der Waals surface area contributed by atoms with Gasteiger partial charge in [0.2, 0.25) is 0 Å². The normalized spacial score (nSPS) is 15.5. The van der Waals surface area contributed by atoms with Crippen molar-refractivity contribution in [1.29, 1.82) is 5.26 Å². The van der Waals surface area contributed by atoms with Crippen molar-refractivity contribution in [1.82, 2.24) is 14.9 Å². The number of hydrogen-bond donors (Lipinski definition) is 0. The van der Waals surface area contributed by atoms with Crippen molar-refractivity contribution in [3.05, 3.63) is 35.0 Å². The molecule has 1 amide bonds. The number of aromatic nitrogens is 2. The largest absolute Gasteiger partial charge is 0.451 e. The van der Waals surface area contributed by atoms with Crippen LogP contribution in [0, 0.1) is 18.3 Å². The van der Waals surface area contributed by atoms with Gasteiger partial charge in [0.25, 0.3) is 5.91 Å². The first-order chi connectivity index (χ1) is 13.5. The molecule has 2 heterocycles. The van der Waals surface area contributed by atoms with Gasteiger partial charge in [0.1, 0.15) is 15.4 Å². The van der Waals surface area contributed by atoms with Crippen LogP contribution in [0.5, 0.6) is 0 Å². The standard InChI is InChI=1S/C20H22N4O3S/c1-14-17(28-18(23-14)15-8-4-7-11-22-15)19(26)27-12-16(25)24(2)20(13-21)9-5-3-6-10-20/h4,7-8,11H,3,5-6,9-10,12H2,1-2H3. The molecule has 1 aliphatic carbocycles. The fraction of sp³-hybridized carbons (Fsp3) is 0.450. The first kappa shape index (κ1) is 20.0. The van der Waals surface area contributed by atoms with Crippen LogP contribution < -0.4 is 0 Å². The van der Waals surface area contributed by atoms with Gasteiger partial charge in [0.15, 0.2) is 6.61 Å². The molecule has 0 atom stereocenters. The second-order valence-corrected chi connectivity index (χ2v) is 7.88. The molecule has 2 aromatic rings. The van der Waals surface area contributed by atoms with Crippen LogP contribution in [0.25, 0.3) is 10.7 Å². The van der Waals surface area contributed by atoms with Gasteiger partial charge in [-0.1, -0.05) is 25.3 Å². The average Bonchev–Trinajstić information content (AvgIpc) is 3.14. The fourth-order valence-electron chi connectivity index (χ4n) is 3.37. The van der Waals surface area contributed by atoms with Crippen LogP contribution in [0.4, 0.5) is 0 Å². The van der Waals surface area contributed by atoms with E-state index in [1.54, 1.807) is 20.2 Å². The zero-order chi connectivity index (χ0) is 20.1. The van der Waals surface area contributed by atoms with Crippen molar-refractivity contribution in [2.75, 3.05) is 13.7 Å². The Hall–Kier alpha value is -2.79. The maximum Gasteiger partial charge on any atom is 0.350 e. The van der Waals surface area contributed by atoms with Gasteiger partial charge in [0.05, 0.1) is 17.5 Å². The zero-order valence-corrected chi connectivity index (χ0v) is 16.8. The van der Waals surface area contributed by atoms with Crippen molar-refractivity contribution < 1.29 is 14.3 Å². The van der Waals surface area contributed by atoms with Gasteiger partial charge in [-0.2, -0.15) is 5.26 Å². The highest BCUT2D eigenvalue weighted by Crippen LogP contribution is 2.32. The predicted molar refractivity (Wildman–Crippen MR) is 105 cm³/mol. The summed E-state index contributed by atoms with van der Waals surface area (Å²) in [6.07, 6.45) is 5.88. The summed E-state index contributed by atoms with van der Waals surface area (Å²) in [5, 5.41) is 10.2. The summed E-state index contributed by atoms with van der Waals surface area (Å²) >= 11 is 1.19. The summed E-state index contributed by atoms with van der Waals surface area (Å²) in [4.78, 5) is 35.4. The Morgan fingerprint density at radius 1 is 1.32 bits per heavy atom. The highest BCUT2D eigenvalue weighted by Gasteiger charge is 2.39. The summed E-state index contributed by atoms with van der Waals surface area (Å²) in [6, 6.07) is 7.77. The maximum atomic E-state index is 12.5. The van der Waals surface area contributed by atoms with Crippen LogP contribution in [0.15, 0.2) is 24.4 Å². The Bertz CT molecular complexity index is 898. The van der Waals surface area contributed by atoms with E-state index in [1.807, 2.05) is 18.2 Å². The van der Waals surface area contributed by atoms with E-state index in [4.69, 9.17) is 4.74 Å². The van der Waals surface area contributed by atoms with Gasteiger partial charge in [-0.05, 0) is 31.9 Å². The van der Waals surface area contributed by atoms with E-state index in [2.05, 4.69) is 16.0 Å². The number of rotatable bonds is 5. The predicted octanol–water partition coefficient (Wildman–Crippen LogP) is 3.36. The van der Waals surface area contributed by atoms with Crippen molar-refractivity contribution in [2.45, 2.75) is 44.6 Å². The van der Waals surface area contributed by atoms with E-state index in [-0.39, 0.29) is 5.91 Å². The molecule has 0 aromatic carbocycles. The molecule has 0 aliphatic heterocycles. The lowest BCUT2D eigenvalue weighted by Crippen LogP contribution is -2.51. The Labute approximate surface area is 168 Å². The lowest BCUT2D eigenvalue weighted by Gasteiger charge is -2.38. The first-order valence-electron chi connectivity index (χ1n) is 9.21. The monoisotopic (exact) mass is 398 g/mol. The molecule has 0 N–H and O–H groups in total. The van der Waals surface area contributed by atoms with Crippen molar-refractivity contribution in [3.63, 3.8) is 0 Å². The van der Waals surface area contributed by atoms with E-state index >= 15 is 0 Å². The second-order valence-electron chi connectivity index (χ2n) is 6.88. The van der Waals surface area contributed by atoms with Gasteiger partial charge >= 0.3 is 5.97 Å². The van der Waals surface area contributed by atoms with Crippen LogP contribution in [0.1, 0.15) is 47.5 Å². The summed E-state index contributed by atoms with van der Waals surface area (Å²) in [6.45, 7) is 1.33. The number of nitrogens with zero attached hydrogens (tertiary/aromatic N) is 4. The van der Waals surface area contributed by atoms with Crippen molar-refractivity contribution in [2.24, 2.45) is 0 Å². The number of hydrogen-bond acceptors (Lipinski definition) is 7. The van der Waals surface area contributed by atoms with Gasteiger partial charge in [-0.3, -0.25) is 9.78 Å². The van der Waals surface area contributed by atoms with E-state index in [0.29, 0.717) is 34.1 Å². The van der Waals surface area contributed by atoms with Gasteiger partial charge in [-0.25, -0.2) is 9.78 Å². The third-order valence-corrected chi connectivity index (χ3v) is 6.26. The Kier molecular flexibility index (Phi) is 6.05. The van der Waals surface area contributed by atoms with Crippen LogP contribution in [0.3, 0.4) is 0 Å². The molecule has 1 saturated carbocycles. The number of amides is 1. The van der Waals surface area contributed by atoms with Crippen LogP contribution in [-0.2, 0) is 9.53 Å². The molecule has 2 aromatic heterocycles. The highest BCUT2D eigenvalue weighted by molar-refractivity contribution is 7.17. The number of esters is 1. The zero-order valence-electron chi connectivity index (χ0n) is 16.0. The number of likely N-dealkylation sites (N-methyl/N-ethyl adjacent to an activating group) is 1. The average molecular weight is 398 g/mol. The minimum atomic E-state index is -0.797. The molecule has 7 nitrogen and oxygen atoms in total. The number of carbonyl (C=O) groups is 2. The number of pyridine rings is 1. The topological polar surface area (TPSA) is 96.2 Å². The Morgan fingerprint density at radius 2 is 2.07 bits per heavy atom. The van der Waals surface area contributed by atoms with E-state index in [9.17, 15) is 14.9 Å². The first-order valence-corrected chi connectivity index (χ1v) is 10.0. The highest BCUT2D eigenvalue weighted by atomic mass is 32.1. The fourth-order valence-corrected chi connectivity index (χ4v) is 4.31. The second kappa shape index (κ2) is 8.48. The number of ether oxygens (including phenoxy) is 1. The molecule has 146 valence electrons. The molecule has 0 unspecified atom stereocenters. The molecule has 28 heavy (non-hydrogen) atoms. The van der Waals surface area contributed by atoms with Crippen LogP contribution >= 0.6 is 11.3 Å². The molecule has 0 saturated heterocycles. The van der Waals surface area contributed by atoms with Crippen LogP contribution in [0.2, 0.25) is 0 Å². The van der Waals surface area contributed by atoms with Crippen LogP contribution in [-0.4, -0.2) is 45.9 Å². The molecular formula is C20H22N4O3S. The van der Waals surface area contributed by atoms with E-state index in [0.717, 1.165) is 19.3 Å². The molecule has 0 bridgehead atoms.